The molecule has 10 rings (SSSR count). The molecule has 1 fully saturated rings. The molecule has 0 spiro atoms. The van der Waals surface area contributed by atoms with Gasteiger partial charge in [0.2, 0.25) is 0 Å². The van der Waals surface area contributed by atoms with Crippen molar-refractivity contribution in [3.05, 3.63) is 174 Å². The highest BCUT2D eigenvalue weighted by Gasteiger charge is 2.32. The highest BCUT2D eigenvalue weighted by molar-refractivity contribution is 6.18. The SMILES string of the molecule is c1ccc(C2NC(c3cccc4ccccc34)NC(c3cccc4oc5cc6c(cc5c34)c3ccccc3n6-c3ccccc3)N2)cc1. The quantitative estimate of drug-likeness (QED) is 0.183. The number of para-hydroxylation sites is 2. The van der Waals surface area contributed by atoms with E-state index in [1.165, 1.54) is 38.2 Å². The van der Waals surface area contributed by atoms with Gasteiger partial charge in [-0.1, -0.05) is 121 Å². The van der Waals surface area contributed by atoms with E-state index in [-0.39, 0.29) is 18.5 Å². The maximum absolute atomic E-state index is 6.68. The van der Waals surface area contributed by atoms with Crippen LogP contribution in [0.3, 0.4) is 0 Å². The Balaban J connectivity index is 1.17. The average molecular weight is 621 g/mol. The smallest absolute Gasteiger partial charge is 0.137 e. The van der Waals surface area contributed by atoms with Crippen molar-refractivity contribution in [3.63, 3.8) is 0 Å². The van der Waals surface area contributed by atoms with Gasteiger partial charge in [0.15, 0.2) is 0 Å². The molecule has 0 saturated carbocycles. The van der Waals surface area contributed by atoms with Gasteiger partial charge in [0.25, 0.3) is 0 Å². The molecule has 7 aromatic carbocycles. The Labute approximate surface area is 277 Å². The number of hydrogen-bond acceptors (Lipinski definition) is 4. The monoisotopic (exact) mass is 620 g/mol. The molecular formula is C43H32N4O. The molecule has 1 saturated heterocycles. The molecule has 0 amide bonds. The molecule has 0 bridgehead atoms. The maximum Gasteiger partial charge on any atom is 0.137 e. The van der Waals surface area contributed by atoms with Crippen LogP contribution in [0.25, 0.3) is 60.2 Å². The Morgan fingerprint density at radius 2 is 1.08 bits per heavy atom. The van der Waals surface area contributed by atoms with Gasteiger partial charge >= 0.3 is 0 Å². The number of furan rings is 1. The van der Waals surface area contributed by atoms with Gasteiger partial charge in [0, 0.05) is 33.3 Å². The highest BCUT2D eigenvalue weighted by Crippen LogP contribution is 2.41. The van der Waals surface area contributed by atoms with Crippen LogP contribution in [0.15, 0.2) is 162 Å². The van der Waals surface area contributed by atoms with Crippen molar-refractivity contribution in [1.29, 1.82) is 0 Å². The standard InChI is InChI=1S/C43H32N4O/c1-3-14-28(15-4-1)41-44-42(32-21-11-16-27-13-7-8-19-30(27)32)46-43(45-41)33-22-12-24-38-40(33)35-25-34-31-20-9-10-23-36(31)47(29-17-5-2-6-18-29)37(34)26-39(35)48-38/h1-26,41-46H. The molecule has 5 heteroatoms. The van der Waals surface area contributed by atoms with Gasteiger partial charge in [-0.05, 0) is 57.8 Å². The first kappa shape index (κ1) is 27.4. The molecule has 0 aliphatic carbocycles. The van der Waals surface area contributed by atoms with Crippen molar-refractivity contribution in [2.45, 2.75) is 18.5 Å². The van der Waals surface area contributed by atoms with Crippen LogP contribution >= 0.6 is 0 Å². The number of fused-ring (bicyclic) bond motifs is 7. The molecule has 3 unspecified atom stereocenters. The van der Waals surface area contributed by atoms with Crippen LogP contribution in [0.2, 0.25) is 0 Å². The summed E-state index contributed by atoms with van der Waals surface area (Å²) >= 11 is 0. The number of hydrogen-bond donors (Lipinski definition) is 3. The minimum atomic E-state index is -0.161. The summed E-state index contributed by atoms with van der Waals surface area (Å²) in [6, 6.07) is 56.0. The van der Waals surface area contributed by atoms with Crippen LogP contribution in [0, 0.1) is 0 Å². The van der Waals surface area contributed by atoms with Crippen LogP contribution in [0.1, 0.15) is 35.2 Å². The third-order valence-corrected chi connectivity index (χ3v) is 9.91. The second-order valence-electron chi connectivity index (χ2n) is 12.7. The molecule has 2 aromatic heterocycles. The molecule has 3 atom stereocenters. The summed E-state index contributed by atoms with van der Waals surface area (Å²) < 4.78 is 9.02. The fourth-order valence-corrected chi connectivity index (χ4v) is 7.76. The zero-order chi connectivity index (χ0) is 31.6. The van der Waals surface area contributed by atoms with Gasteiger partial charge in [-0.3, -0.25) is 16.0 Å². The Morgan fingerprint density at radius 1 is 0.438 bits per heavy atom. The summed E-state index contributed by atoms with van der Waals surface area (Å²) in [5, 5.41) is 18.9. The van der Waals surface area contributed by atoms with Gasteiger partial charge < -0.3 is 8.98 Å². The van der Waals surface area contributed by atoms with Crippen LogP contribution in [-0.2, 0) is 0 Å². The average Bonchev–Trinajstić information content (AvgIpc) is 3.69. The van der Waals surface area contributed by atoms with Gasteiger partial charge in [-0.15, -0.1) is 0 Å². The van der Waals surface area contributed by atoms with Crippen LogP contribution < -0.4 is 16.0 Å². The highest BCUT2D eigenvalue weighted by atomic mass is 16.3. The predicted molar refractivity (Wildman–Crippen MR) is 196 cm³/mol. The second kappa shape index (κ2) is 10.9. The number of nitrogens with one attached hydrogen (secondary N) is 3. The van der Waals surface area contributed by atoms with Gasteiger partial charge in [0.05, 0.1) is 29.5 Å². The van der Waals surface area contributed by atoms with Gasteiger partial charge in [-0.2, -0.15) is 0 Å². The van der Waals surface area contributed by atoms with E-state index in [0.717, 1.165) is 38.7 Å². The first-order chi connectivity index (χ1) is 23.8. The summed E-state index contributed by atoms with van der Waals surface area (Å²) in [7, 11) is 0. The van der Waals surface area contributed by atoms with E-state index in [9.17, 15) is 0 Å². The Kier molecular flexibility index (Phi) is 6.24. The first-order valence-electron chi connectivity index (χ1n) is 16.5. The summed E-state index contributed by atoms with van der Waals surface area (Å²) in [4.78, 5) is 0. The number of benzene rings is 7. The molecule has 3 N–H and O–H groups in total. The molecule has 1 aliphatic heterocycles. The van der Waals surface area contributed by atoms with Gasteiger partial charge in [-0.25, -0.2) is 0 Å². The van der Waals surface area contributed by atoms with Crippen molar-refractivity contribution in [1.82, 2.24) is 20.5 Å². The summed E-state index contributed by atoms with van der Waals surface area (Å²) in [6.07, 6.45) is -0.340. The lowest BCUT2D eigenvalue weighted by molar-refractivity contribution is 0.205. The van der Waals surface area contributed by atoms with E-state index in [1.807, 2.05) is 0 Å². The summed E-state index contributed by atoms with van der Waals surface area (Å²) in [5.74, 6) is 0. The normalized spacial score (nSPS) is 18.4. The van der Waals surface area contributed by atoms with E-state index in [1.54, 1.807) is 0 Å². The molecule has 230 valence electrons. The predicted octanol–water partition coefficient (Wildman–Crippen LogP) is 10.0. The summed E-state index contributed by atoms with van der Waals surface area (Å²) in [5.41, 5.74) is 8.78. The molecule has 1 aliphatic rings. The third kappa shape index (κ3) is 4.30. The fourth-order valence-electron chi connectivity index (χ4n) is 7.76. The minimum absolute atomic E-state index is 0.0783. The number of rotatable bonds is 4. The van der Waals surface area contributed by atoms with Crippen molar-refractivity contribution in [3.8, 4) is 5.69 Å². The van der Waals surface area contributed by atoms with Crippen LogP contribution in [0.4, 0.5) is 0 Å². The maximum atomic E-state index is 6.68. The van der Waals surface area contributed by atoms with Crippen LogP contribution in [0.5, 0.6) is 0 Å². The summed E-state index contributed by atoms with van der Waals surface area (Å²) in [6.45, 7) is 0. The zero-order valence-corrected chi connectivity index (χ0v) is 26.1. The minimum Gasteiger partial charge on any atom is -0.456 e. The lowest BCUT2D eigenvalue weighted by Gasteiger charge is -2.40. The van der Waals surface area contributed by atoms with Crippen LogP contribution in [-0.4, -0.2) is 4.57 Å². The molecule has 0 radical (unpaired) electrons. The van der Waals surface area contributed by atoms with Crippen molar-refractivity contribution in [2.24, 2.45) is 0 Å². The lowest BCUT2D eigenvalue weighted by atomic mass is 9.98. The van der Waals surface area contributed by atoms with E-state index in [2.05, 4.69) is 178 Å². The topological polar surface area (TPSA) is 54.2 Å². The first-order valence-corrected chi connectivity index (χ1v) is 16.5. The molecule has 5 nitrogen and oxygen atoms in total. The van der Waals surface area contributed by atoms with Crippen molar-refractivity contribution < 1.29 is 4.42 Å². The molecular weight excluding hydrogens is 589 g/mol. The van der Waals surface area contributed by atoms with E-state index < -0.39 is 0 Å². The van der Waals surface area contributed by atoms with E-state index >= 15 is 0 Å². The zero-order valence-electron chi connectivity index (χ0n) is 26.1. The fraction of sp³-hybridized carbons (Fsp3) is 0.0698. The molecule has 3 heterocycles. The van der Waals surface area contributed by atoms with E-state index in [4.69, 9.17) is 4.42 Å². The molecule has 9 aromatic rings. The Bertz CT molecular complexity index is 2620. The lowest BCUT2D eigenvalue weighted by Crippen LogP contribution is -2.54. The molecule has 48 heavy (non-hydrogen) atoms. The Hall–Kier alpha value is -5.72. The third-order valence-electron chi connectivity index (χ3n) is 9.91. The second-order valence-corrected chi connectivity index (χ2v) is 12.7. The van der Waals surface area contributed by atoms with Crippen molar-refractivity contribution in [2.75, 3.05) is 0 Å². The largest absolute Gasteiger partial charge is 0.456 e. The van der Waals surface area contributed by atoms with Crippen molar-refractivity contribution >= 4 is 54.5 Å². The van der Waals surface area contributed by atoms with Gasteiger partial charge in [0.1, 0.15) is 11.2 Å². The number of nitrogens with zero attached hydrogens (tertiary/aromatic N) is 1. The number of aromatic nitrogens is 1. The Morgan fingerprint density at radius 3 is 1.94 bits per heavy atom. The van der Waals surface area contributed by atoms with E-state index in [0.29, 0.717) is 0 Å².